The van der Waals surface area contributed by atoms with E-state index in [9.17, 15) is 4.79 Å². The molecule has 0 aliphatic carbocycles. The lowest BCUT2D eigenvalue weighted by molar-refractivity contribution is -0.129. The molecule has 9 heteroatoms. The van der Waals surface area contributed by atoms with Crippen LogP contribution in [0.1, 0.15) is 31.0 Å². The molecule has 3 N–H and O–H groups in total. The Kier molecular flexibility index (Phi) is 5.35. The molecule has 1 amide bonds. The van der Waals surface area contributed by atoms with Gasteiger partial charge in [0.2, 0.25) is 17.8 Å². The summed E-state index contributed by atoms with van der Waals surface area (Å²) in [5, 5.41) is 4.39. The Balaban J connectivity index is 1.70. The second-order valence-electron chi connectivity index (χ2n) is 7.62. The number of carbonyl (C=O) groups is 1. The lowest BCUT2D eigenvalue weighted by atomic mass is 10.0. The normalized spacial score (nSPS) is 15.3. The van der Waals surface area contributed by atoms with Crippen molar-refractivity contribution < 1.29 is 4.79 Å². The maximum absolute atomic E-state index is 11.7. The zero-order valence-corrected chi connectivity index (χ0v) is 17.5. The first kappa shape index (κ1) is 19.8. The number of carbonyl (C=O) groups excluding carboxylic acids is 1. The number of nitrogen functional groups attached to an aromatic ring is 1. The SMILES string of the molecule is CC(=O)N1CCN(c2nc3ccc(C)cc3cc2C(C)Nc2ncnc(N)n2)CC1. The molecule has 0 saturated carbocycles. The predicted octanol–water partition coefficient (Wildman–Crippen LogP) is 2.15. The second kappa shape index (κ2) is 8.10. The Morgan fingerprint density at radius 3 is 2.60 bits per heavy atom. The molecule has 9 nitrogen and oxygen atoms in total. The molecular formula is C21H26N8O. The van der Waals surface area contributed by atoms with Crippen molar-refractivity contribution in [3.63, 3.8) is 0 Å². The fraction of sp³-hybridized carbons (Fsp3) is 0.381. The number of aromatic nitrogens is 4. The van der Waals surface area contributed by atoms with Gasteiger partial charge >= 0.3 is 0 Å². The van der Waals surface area contributed by atoms with Gasteiger partial charge < -0.3 is 20.9 Å². The molecule has 3 aromatic rings. The number of pyridine rings is 1. The number of amides is 1. The molecule has 156 valence electrons. The summed E-state index contributed by atoms with van der Waals surface area (Å²) in [6.45, 7) is 8.59. The number of piperazine rings is 1. The van der Waals surface area contributed by atoms with Gasteiger partial charge in [0.15, 0.2) is 0 Å². The van der Waals surface area contributed by atoms with E-state index >= 15 is 0 Å². The lowest BCUT2D eigenvalue weighted by Crippen LogP contribution is -2.48. The van der Waals surface area contributed by atoms with Gasteiger partial charge in [0.05, 0.1) is 11.6 Å². The highest BCUT2D eigenvalue weighted by Gasteiger charge is 2.24. The summed E-state index contributed by atoms with van der Waals surface area (Å²) < 4.78 is 0. The maximum atomic E-state index is 11.7. The van der Waals surface area contributed by atoms with E-state index in [0.717, 1.165) is 35.4 Å². The number of nitrogens with one attached hydrogen (secondary N) is 1. The Hall–Kier alpha value is -3.49. The van der Waals surface area contributed by atoms with Crippen molar-refractivity contribution >= 4 is 34.5 Å². The topological polar surface area (TPSA) is 113 Å². The monoisotopic (exact) mass is 406 g/mol. The van der Waals surface area contributed by atoms with Gasteiger partial charge in [-0.1, -0.05) is 11.6 Å². The fourth-order valence-corrected chi connectivity index (χ4v) is 3.76. The van der Waals surface area contributed by atoms with E-state index in [1.54, 1.807) is 6.92 Å². The van der Waals surface area contributed by atoms with E-state index in [0.29, 0.717) is 19.0 Å². The van der Waals surface area contributed by atoms with Gasteiger partial charge in [0.1, 0.15) is 12.1 Å². The molecule has 0 spiro atoms. The van der Waals surface area contributed by atoms with Crippen LogP contribution < -0.4 is 16.0 Å². The smallest absolute Gasteiger partial charge is 0.227 e. The van der Waals surface area contributed by atoms with Crippen LogP contribution in [0.2, 0.25) is 0 Å². The summed E-state index contributed by atoms with van der Waals surface area (Å²) in [6.07, 6.45) is 1.39. The number of benzene rings is 1. The highest BCUT2D eigenvalue weighted by molar-refractivity contribution is 5.83. The van der Waals surface area contributed by atoms with Crippen LogP contribution in [0.25, 0.3) is 10.9 Å². The van der Waals surface area contributed by atoms with Gasteiger partial charge in [0, 0.05) is 44.1 Å². The van der Waals surface area contributed by atoms with Crippen LogP contribution >= 0.6 is 0 Å². The van der Waals surface area contributed by atoms with Crippen LogP contribution in [0.4, 0.5) is 17.7 Å². The zero-order valence-electron chi connectivity index (χ0n) is 17.5. The van der Waals surface area contributed by atoms with E-state index in [-0.39, 0.29) is 17.9 Å². The van der Waals surface area contributed by atoms with Crippen molar-refractivity contribution in [2.45, 2.75) is 26.8 Å². The van der Waals surface area contributed by atoms with Crippen LogP contribution in [0.15, 0.2) is 30.6 Å². The number of nitrogens with two attached hydrogens (primary N) is 1. The van der Waals surface area contributed by atoms with Crippen LogP contribution in [-0.4, -0.2) is 56.9 Å². The van der Waals surface area contributed by atoms with Gasteiger partial charge in [-0.05, 0) is 32.0 Å². The fourth-order valence-electron chi connectivity index (χ4n) is 3.76. The predicted molar refractivity (Wildman–Crippen MR) is 117 cm³/mol. The Bertz CT molecular complexity index is 1080. The number of rotatable bonds is 4. The van der Waals surface area contributed by atoms with Gasteiger partial charge in [-0.2, -0.15) is 4.98 Å². The van der Waals surface area contributed by atoms with Crippen LogP contribution in [0.5, 0.6) is 0 Å². The van der Waals surface area contributed by atoms with E-state index in [1.165, 1.54) is 11.9 Å². The molecule has 2 aromatic heterocycles. The second-order valence-corrected chi connectivity index (χ2v) is 7.62. The van der Waals surface area contributed by atoms with Crippen LogP contribution in [-0.2, 0) is 4.79 Å². The van der Waals surface area contributed by atoms with Gasteiger partial charge in [-0.25, -0.2) is 15.0 Å². The third kappa shape index (κ3) is 4.10. The summed E-state index contributed by atoms with van der Waals surface area (Å²) in [5.41, 5.74) is 8.87. The Morgan fingerprint density at radius 2 is 1.90 bits per heavy atom. The molecule has 1 unspecified atom stereocenters. The average molecular weight is 406 g/mol. The molecule has 1 atom stereocenters. The number of hydrogen-bond acceptors (Lipinski definition) is 8. The Morgan fingerprint density at radius 1 is 1.13 bits per heavy atom. The van der Waals surface area contributed by atoms with Crippen molar-refractivity contribution in [3.8, 4) is 0 Å². The van der Waals surface area contributed by atoms with E-state index in [1.807, 2.05) is 11.8 Å². The highest BCUT2D eigenvalue weighted by atomic mass is 16.2. The molecule has 0 radical (unpaired) electrons. The standard InChI is InChI=1S/C21H26N8O/c1-13-4-5-18-16(10-13)11-17(14(2)25-21-24-12-23-20(22)27-21)19(26-18)29-8-6-28(7-9-29)15(3)30/h4-5,10-12,14H,6-9H2,1-3H3,(H3,22,23,24,25,27). The third-order valence-electron chi connectivity index (χ3n) is 5.41. The minimum absolute atomic E-state index is 0.106. The van der Waals surface area contributed by atoms with Gasteiger partial charge in [-0.3, -0.25) is 4.79 Å². The first-order valence-corrected chi connectivity index (χ1v) is 10.0. The Labute approximate surface area is 175 Å². The molecular weight excluding hydrogens is 380 g/mol. The highest BCUT2D eigenvalue weighted by Crippen LogP contribution is 2.31. The van der Waals surface area contributed by atoms with Crippen molar-refractivity contribution in [2.75, 3.05) is 42.1 Å². The first-order valence-electron chi connectivity index (χ1n) is 10.0. The molecule has 30 heavy (non-hydrogen) atoms. The number of anilines is 3. The van der Waals surface area contributed by atoms with Crippen molar-refractivity contribution in [1.29, 1.82) is 0 Å². The van der Waals surface area contributed by atoms with E-state index < -0.39 is 0 Å². The zero-order chi connectivity index (χ0) is 21.3. The molecule has 4 rings (SSSR count). The summed E-state index contributed by atoms with van der Waals surface area (Å²) in [7, 11) is 0. The summed E-state index contributed by atoms with van der Waals surface area (Å²) in [4.78, 5) is 33.0. The van der Waals surface area contributed by atoms with Crippen molar-refractivity contribution in [1.82, 2.24) is 24.8 Å². The third-order valence-corrected chi connectivity index (χ3v) is 5.41. The molecule has 1 saturated heterocycles. The van der Waals surface area contributed by atoms with Gasteiger partial charge in [0.25, 0.3) is 0 Å². The molecule has 0 bridgehead atoms. The van der Waals surface area contributed by atoms with Crippen LogP contribution in [0.3, 0.4) is 0 Å². The largest absolute Gasteiger partial charge is 0.368 e. The number of nitrogens with zero attached hydrogens (tertiary/aromatic N) is 6. The van der Waals surface area contributed by atoms with Crippen molar-refractivity contribution in [3.05, 3.63) is 41.7 Å². The van der Waals surface area contributed by atoms with Crippen molar-refractivity contribution in [2.24, 2.45) is 0 Å². The summed E-state index contributed by atoms with van der Waals surface area (Å²) in [5.74, 6) is 1.62. The van der Waals surface area contributed by atoms with Gasteiger partial charge in [-0.15, -0.1) is 0 Å². The first-order chi connectivity index (χ1) is 14.4. The molecule has 1 aliphatic rings. The van der Waals surface area contributed by atoms with E-state index in [4.69, 9.17) is 10.7 Å². The summed E-state index contributed by atoms with van der Waals surface area (Å²) >= 11 is 0. The lowest BCUT2D eigenvalue weighted by Gasteiger charge is -2.36. The average Bonchev–Trinajstić information content (AvgIpc) is 2.73. The summed E-state index contributed by atoms with van der Waals surface area (Å²) in [6, 6.07) is 8.32. The molecule has 1 aromatic carbocycles. The quantitative estimate of drug-likeness (QED) is 0.678. The minimum atomic E-state index is -0.106. The molecule has 3 heterocycles. The minimum Gasteiger partial charge on any atom is -0.368 e. The maximum Gasteiger partial charge on any atom is 0.227 e. The molecule has 1 aliphatic heterocycles. The number of aryl methyl sites for hydroxylation is 1. The van der Waals surface area contributed by atoms with E-state index in [2.05, 4.69) is 56.4 Å². The molecule has 1 fully saturated rings. The number of hydrogen-bond donors (Lipinski definition) is 2. The van der Waals surface area contributed by atoms with Crippen LogP contribution in [0, 0.1) is 6.92 Å². The number of fused-ring (bicyclic) bond motifs is 1.